The first kappa shape index (κ1) is 9.80. The molecular formula is C9H11F3O2. The van der Waals surface area contributed by atoms with E-state index in [0.29, 0.717) is 0 Å². The van der Waals surface area contributed by atoms with Crippen LogP contribution in [0.3, 0.4) is 0 Å². The van der Waals surface area contributed by atoms with Gasteiger partial charge in [0.1, 0.15) is 0 Å². The molecule has 2 fully saturated rings. The summed E-state index contributed by atoms with van der Waals surface area (Å²) in [6.45, 7) is 1.65. The van der Waals surface area contributed by atoms with E-state index in [9.17, 15) is 18.0 Å². The maximum Gasteiger partial charge on any atom is 0.344 e. The van der Waals surface area contributed by atoms with E-state index in [0.717, 1.165) is 0 Å². The summed E-state index contributed by atoms with van der Waals surface area (Å²) in [5.74, 6) is -5.41. The van der Waals surface area contributed by atoms with E-state index in [1.54, 1.807) is 6.92 Å². The molecular weight excluding hydrogens is 197 g/mol. The van der Waals surface area contributed by atoms with Gasteiger partial charge in [0, 0.05) is 24.7 Å². The van der Waals surface area contributed by atoms with Crippen molar-refractivity contribution in [3.63, 3.8) is 0 Å². The van der Waals surface area contributed by atoms with Crippen molar-refractivity contribution in [3.05, 3.63) is 0 Å². The van der Waals surface area contributed by atoms with Gasteiger partial charge in [0.15, 0.2) is 0 Å². The Morgan fingerprint density at radius 2 is 1.86 bits per heavy atom. The van der Waals surface area contributed by atoms with Crippen molar-refractivity contribution in [3.8, 4) is 0 Å². The molecule has 2 unspecified atom stereocenters. The van der Waals surface area contributed by atoms with E-state index in [2.05, 4.69) is 4.74 Å². The van der Waals surface area contributed by atoms with E-state index >= 15 is 0 Å². The van der Waals surface area contributed by atoms with Crippen LogP contribution in [0.4, 0.5) is 13.2 Å². The molecule has 2 rings (SSSR count). The molecule has 0 aromatic heterocycles. The molecule has 0 bridgehead atoms. The van der Waals surface area contributed by atoms with Gasteiger partial charge >= 0.3 is 5.97 Å². The lowest BCUT2D eigenvalue weighted by Gasteiger charge is -2.16. The molecule has 2 nitrogen and oxygen atoms in total. The number of esters is 1. The van der Waals surface area contributed by atoms with Crippen LogP contribution in [0.1, 0.15) is 19.8 Å². The molecule has 0 aliphatic heterocycles. The topological polar surface area (TPSA) is 26.3 Å². The van der Waals surface area contributed by atoms with Crippen LogP contribution in [0, 0.1) is 11.8 Å². The lowest BCUT2D eigenvalue weighted by Crippen LogP contribution is -2.30. The molecule has 0 N–H and O–H groups in total. The second kappa shape index (κ2) is 2.64. The minimum Gasteiger partial charge on any atom is -0.464 e. The highest BCUT2D eigenvalue weighted by Crippen LogP contribution is 2.67. The van der Waals surface area contributed by atoms with E-state index in [4.69, 9.17) is 0 Å². The fourth-order valence-corrected chi connectivity index (χ4v) is 2.35. The maximum atomic E-state index is 13.7. The van der Waals surface area contributed by atoms with Gasteiger partial charge in [0.05, 0.1) is 6.61 Å². The second-order valence-corrected chi connectivity index (χ2v) is 3.97. The van der Waals surface area contributed by atoms with Crippen LogP contribution in [0.5, 0.6) is 0 Å². The highest BCUT2D eigenvalue weighted by atomic mass is 19.3. The number of fused-ring (bicyclic) bond motifs is 1. The van der Waals surface area contributed by atoms with Crippen LogP contribution in [0.25, 0.3) is 0 Å². The predicted octanol–water partition coefficient (Wildman–Crippen LogP) is 1.93. The summed E-state index contributed by atoms with van der Waals surface area (Å²) in [6, 6.07) is 0. The molecule has 0 spiro atoms. The van der Waals surface area contributed by atoms with Crippen molar-refractivity contribution >= 4 is 5.97 Å². The minimum absolute atomic E-state index is 0.0837. The van der Waals surface area contributed by atoms with Gasteiger partial charge < -0.3 is 4.74 Å². The van der Waals surface area contributed by atoms with E-state index < -0.39 is 42.2 Å². The molecule has 0 saturated heterocycles. The third-order valence-corrected chi connectivity index (χ3v) is 3.08. The molecule has 2 atom stereocenters. The first-order chi connectivity index (χ1) is 6.42. The Labute approximate surface area is 79.4 Å². The summed E-state index contributed by atoms with van der Waals surface area (Å²) in [6.07, 6.45) is -1.04. The van der Waals surface area contributed by atoms with Crippen molar-refractivity contribution in [2.45, 2.75) is 31.4 Å². The summed E-state index contributed by atoms with van der Waals surface area (Å²) >= 11 is 0. The van der Waals surface area contributed by atoms with Crippen molar-refractivity contribution < 1.29 is 22.7 Å². The standard InChI is InChI=1S/C9H11F3O2/c1-2-14-7(13)9(12)5-3-8(10,11)4-6(5)9/h5-6H,2-4H2,1H3. The number of rotatable bonds is 2. The number of carbonyl (C=O) groups excluding carboxylic acids is 1. The van der Waals surface area contributed by atoms with E-state index in [1.165, 1.54) is 0 Å². The number of hydrogen-bond donors (Lipinski definition) is 0. The van der Waals surface area contributed by atoms with Crippen molar-refractivity contribution in [2.75, 3.05) is 6.61 Å². The van der Waals surface area contributed by atoms with Crippen LogP contribution >= 0.6 is 0 Å². The Morgan fingerprint density at radius 3 is 2.29 bits per heavy atom. The van der Waals surface area contributed by atoms with Gasteiger partial charge in [-0.05, 0) is 6.92 Å². The molecule has 2 aliphatic carbocycles. The number of hydrogen-bond acceptors (Lipinski definition) is 2. The predicted molar refractivity (Wildman–Crippen MR) is 41.6 cm³/mol. The lowest BCUT2D eigenvalue weighted by molar-refractivity contribution is -0.154. The molecule has 80 valence electrons. The Morgan fingerprint density at radius 1 is 1.36 bits per heavy atom. The fraction of sp³-hybridized carbons (Fsp3) is 0.889. The number of ether oxygens (including phenoxy) is 1. The quantitative estimate of drug-likeness (QED) is 0.648. The molecule has 0 radical (unpaired) electrons. The lowest BCUT2D eigenvalue weighted by atomic mass is 10.1. The van der Waals surface area contributed by atoms with Crippen molar-refractivity contribution in [2.24, 2.45) is 11.8 Å². The smallest absolute Gasteiger partial charge is 0.344 e. The molecule has 0 aromatic rings. The summed E-state index contributed by atoms with van der Waals surface area (Å²) in [4.78, 5) is 11.1. The van der Waals surface area contributed by atoms with Crippen molar-refractivity contribution in [1.82, 2.24) is 0 Å². The zero-order valence-electron chi connectivity index (χ0n) is 7.73. The fourth-order valence-electron chi connectivity index (χ4n) is 2.35. The Kier molecular flexibility index (Phi) is 1.85. The van der Waals surface area contributed by atoms with Gasteiger partial charge in [-0.2, -0.15) is 0 Å². The highest BCUT2D eigenvalue weighted by Gasteiger charge is 2.78. The van der Waals surface area contributed by atoms with Crippen LogP contribution < -0.4 is 0 Å². The Bertz CT molecular complexity index is 263. The Hall–Kier alpha value is -0.740. The molecule has 14 heavy (non-hydrogen) atoms. The molecule has 0 amide bonds. The average Bonchev–Trinajstić information content (AvgIpc) is 2.49. The summed E-state index contributed by atoms with van der Waals surface area (Å²) < 4.78 is 43.6. The van der Waals surface area contributed by atoms with Crippen LogP contribution in [0.15, 0.2) is 0 Å². The first-order valence-corrected chi connectivity index (χ1v) is 4.66. The third-order valence-electron chi connectivity index (χ3n) is 3.08. The van der Waals surface area contributed by atoms with E-state index in [-0.39, 0.29) is 6.61 Å². The van der Waals surface area contributed by atoms with Gasteiger partial charge in [0.25, 0.3) is 0 Å². The number of carbonyl (C=O) groups is 1. The van der Waals surface area contributed by atoms with Gasteiger partial charge in [-0.1, -0.05) is 0 Å². The highest BCUT2D eigenvalue weighted by molar-refractivity contribution is 5.85. The summed E-state index contributed by atoms with van der Waals surface area (Å²) in [5.41, 5.74) is -2.11. The third kappa shape index (κ3) is 1.14. The largest absolute Gasteiger partial charge is 0.464 e. The summed E-state index contributed by atoms with van der Waals surface area (Å²) in [5, 5.41) is 0. The normalized spacial score (nSPS) is 43.1. The number of alkyl halides is 3. The van der Waals surface area contributed by atoms with Crippen molar-refractivity contribution in [1.29, 1.82) is 0 Å². The molecule has 0 heterocycles. The average molecular weight is 208 g/mol. The Balaban J connectivity index is 2.02. The SMILES string of the molecule is CCOC(=O)C1(F)C2CC(F)(F)CC21. The number of halogens is 3. The second-order valence-electron chi connectivity index (χ2n) is 3.97. The van der Waals surface area contributed by atoms with Gasteiger partial charge in [0.2, 0.25) is 11.6 Å². The maximum absolute atomic E-state index is 13.7. The van der Waals surface area contributed by atoms with Crippen LogP contribution in [-0.2, 0) is 9.53 Å². The molecule has 0 aromatic carbocycles. The van der Waals surface area contributed by atoms with Gasteiger partial charge in [-0.3, -0.25) is 0 Å². The van der Waals surface area contributed by atoms with Crippen LogP contribution in [0.2, 0.25) is 0 Å². The summed E-state index contributed by atoms with van der Waals surface area (Å²) in [7, 11) is 0. The molecule has 2 saturated carbocycles. The van der Waals surface area contributed by atoms with Crippen LogP contribution in [-0.4, -0.2) is 24.2 Å². The minimum atomic E-state index is -2.79. The van der Waals surface area contributed by atoms with Gasteiger partial charge in [-0.25, -0.2) is 18.0 Å². The molecule has 2 aliphatic rings. The first-order valence-electron chi connectivity index (χ1n) is 4.66. The zero-order valence-corrected chi connectivity index (χ0v) is 7.73. The van der Waals surface area contributed by atoms with E-state index in [1.807, 2.05) is 0 Å². The monoisotopic (exact) mass is 208 g/mol. The zero-order chi connectivity index (χ0) is 10.6. The molecule has 5 heteroatoms. The van der Waals surface area contributed by atoms with Gasteiger partial charge in [-0.15, -0.1) is 0 Å².